The first-order valence-corrected chi connectivity index (χ1v) is 7.44. The van der Waals surface area contributed by atoms with E-state index in [1.54, 1.807) is 11.8 Å². The van der Waals surface area contributed by atoms with Gasteiger partial charge in [0, 0.05) is 17.0 Å². The molecule has 17 heavy (non-hydrogen) atoms. The molecule has 0 aromatic heterocycles. The van der Waals surface area contributed by atoms with Crippen molar-refractivity contribution in [1.29, 1.82) is 0 Å². The Labute approximate surface area is 109 Å². The third kappa shape index (κ3) is 4.25. The zero-order chi connectivity index (χ0) is 12.7. The second kappa shape index (κ2) is 7.62. The fourth-order valence-electron chi connectivity index (χ4n) is 1.88. The van der Waals surface area contributed by atoms with Gasteiger partial charge in [-0.1, -0.05) is 26.3 Å². The molecular weight excluding hydrogens is 230 g/mol. The minimum Gasteiger partial charge on any atom is -0.493 e. The van der Waals surface area contributed by atoms with Crippen LogP contribution in [0.1, 0.15) is 32.3 Å². The zero-order valence-electron chi connectivity index (χ0n) is 11.0. The highest BCUT2D eigenvalue weighted by Crippen LogP contribution is 2.28. The minimum absolute atomic E-state index is 0.536. The van der Waals surface area contributed by atoms with E-state index in [-0.39, 0.29) is 0 Å². The molecule has 0 aliphatic heterocycles. The van der Waals surface area contributed by atoms with Crippen LogP contribution in [0.2, 0.25) is 0 Å². The van der Waals surface area contributed by atoms with Crippen molar-refractivity contribution in [2.45, 2.75) is 38.1 Å². The summed E-state index contributed by atoms with van der Waals surface area (Å²) in [6, 6.07) is 6.14. The van der Waals surface area contributed by atoms with Crippen LogP contribution in [0.15, 0.2) is 23.1 Å². The van der Waals surface area contributed by atoms with Gasteiger partial charge in [0.05, 0.1) is 6.61 Å². The van der Waals surface area contributed by atoms with Gasteiger partial charge in [-0.05, 0) is 30.7 Å². The molecular formula is C14H23NOS. The molecule has 96 valence electrons. The lowest BCUT2D eigenvalue weighted by Gasteiger charge is -2.16. The highest BCUT2D eigenvalue weighted by Gasteiger charge is 2.09. The van der Waals surface area contributed by atoms with Crippen LogP contribution in [0.25, 0.3) is 0 Å². The van der Waals surface area contributed by atoms with Crippen LogP contribution in [0, 0.1) is 5.92 Å². The predicted molar refractivity (Wildman–Crippen MR) is 75.7 cm³/mol. The van der Waals surface area contributed by atoms with Crippen molar-refractivity contribution < 1.29 is 4.74 Å². The number of hydrogen-bond donors (Lipinski definition) is 1. The van der Waals surface area contributed by atoms with E-state index >= 15 is 0 Å². The van der Waals surface area contributed by atoms with Crippen LogP contribution >= 0.6 is 11.8 Å². The summed E-state index contributed by atoms with van der Waals surface area (Å²) in [7, 11) is 0. The first-order valence-electron chi connectivity index (χ1n) is 6.21. The van der Waals surface area contributed by atoms with Crippen LogP contribution in [0.5, 0.6) is 5.75 Å². The number of ether oxygens (including phenoxy) is 1. The normalized spacial score (nSPS) is 12.5. The first kappa shape index (κ1) is 14.4. The monoisotopic (exact) mass is 253 g/mol. The molecule has 1 aromatic carbocycles. The van der Waals surface area contributed by atoms with Crippen LogP contribution in [-0.4, -0.2) is 12.9 Å². The van der Waals surface area contributed by atoms with E-state index in [0.717, 1.165) is 17.9 Å². The van der Waals surface area contributed by atoms with Crippen molar-refractivity contribution in [3.8, 4) is 5.75 Å². The first-order chi connectivity index (χ1) is 8.22. The van der Waals surface area contributed by atoms with Gasteiger partial charge < -0.3 is 10.5 Å². The summed E-state index contributed by atoms with van der Waals surface area (Å²) in [6.07, 6.45) is 4.48. The summed E-state index contributed by atoms with van der Waals surface area (Å²) in [4.78, 5) is 1.22. The van der Waals surface area contributed by atoms with E-state index in [1.807, 2.05) is 12.1 Å². The number of benzene rings is 1. The predicted octanol–water partition coefficient (Wildman–Crippen LogP) is 3.68. The van der Waals surface area contributed by atoms with Crippen molar-refractivity contribution in [1.82, 2.24) is 0 Å². The van der Waals surface area contributed by atoms with E-state index in [4.69, 9.17) is 10.5 Å². The van der Waals surface area contributed by atoms with E-state index in [1.165, 1.54) is 17.7 Å². The largest absolute Gasteiger partial charge is 0.493 e. The second-order valence-electron chi connectivity index (χ2n) is 4.35. The fourth-order valence-corrected chi connectivity index (χ4v) is 2.53. The molecule has 0 fully saturated rings. The quantitative estimate of drug-likeness (QED) is 0.753. The average molecular weight is 253 g/mol. The van der Waals surface area contributed by atoms with Gasteiger partial charge in [0.25, 0.3) is 0 Å². The van der Waals surface area contributed by atoms with Crippen molar-refractivity contribution in [3.05, 3.63) is 23.8 Å². The Balaban J connectivity index is 2.70. The molecule has 0 aliphatic rings. The van der Waals surface area contributed by atoms with E-state index < -0.39 is 0 Å². The fraction of sp³-hybridized carbons (Fsp3) is 0.571. The van der Waals surface area contributed by atoms with Crippen LogP contribution in [0.3, 0.4) is 0 Å². The molecule has 3 heteroatoms. The lowest BCUT2D eigenvalue weighted by Crippen LogP contribution is -2.11. The number of nitrogens with two attached hydrogens (primary N) is 1. The van der Waals surface area contributed by atoms with Gasteiger partial charge >= 0.3 is 0 Å². The van der Waals surface area contributed by atoms with Gasteiger partial charge in [-0.3, -0.25) is 0 Å². The number of hydrogen-bond acceptors (Lipinski definition) is 3. The molecule has 0 saturated heterocycles. The molecule has 0 amide bonds. The summed E-state index contributed by atoms with van der Waals surface area (Å²) in [6.45, 7) is 5.74. The molecule has 1 rings (SSSR count). The Bertz CT molecular complexity index is 341. The second-order valence-corrected chi connectivity index (χ2v) is 5.19. The maximum Gasteiger partial charge on any atom is 0.124 e. The van der Waals surface area contributed by atoms with Crippen molar-refractivity contribution in [2.75, 3.05) is 12.9 Å². The Hall–Kier alpha value is -0.670. The molecule has 0 bridgehead atoms. The molecule has 0 radical (unpaired) electrons. The van der Waals surface area contributed by atoms with E-state index in [2.05, 4.69) is 26.2 Å². The van der Waals surface area contributed by atoms with Crippen LogP contribution in [-0.2, 0) is 6.54 Å². The SMILES string of the molecule is CCCC(C)COc1cccc(SC)c1CN. The molecule has 1 atom stereocenters. The maximum absolute atomic E-state index is 5.89. The summed E-state index contributed by atoms with van der Waals surface area (Å²) in [5.41, 5.74) is 6.93. The lowest BCUT2D eigenvalue weighted by molar-refractivity contribution is 0.249. The summed E-state index contributed by atoms with van der Waals surface area (Å²) < 4.78 is 5.89. The Morgan fingerprint density at radius 2 is 2.18 bits per heavy atom. The summed E-state index contributed by atoms with van der Waals surface area (Å²) >= 11 is 1.72. The summed E-state index contributed by atoms with van der Waals surface area (Å²) in [5, 5.41) is 0. The van der Waals surface area contributed by atoms with Crippen LogP contribution in [0.4, 0.5) is 0 Å². The molecule has 1 aromatic rings. The van der Waals surface area contributed by atoms with Gasteiger partial charge in [0.2, 0.25) is 0 Å². The third-order valence-corrected chi connectivity index (χ3v) is 3.64. The van der Waals surface area contributed by atoms with Gasteiger partial charge in [0.15, 0.2) is 0 Å². The molecule has 2 N–H and O–H groups in total. The molecule has 0 aliphatic carbocycles. The smallest absolute Gasteiger partial charge is 0.124 e. The molecule has 2 nitrogen and oxygen atoms in total. The lowest BCUT2D eigenvalue weighted by atomic mass is 10.1. The highest BCUT2D eigenvalue weighted by atomic mass is 32.2. The molecule has 0 saturated carbocycles. The Morgan fingerprint density at radius 1 is 1.41 bits per heavy atom. The van der Waals surface area contributed by atoms with Crippen molar-refractivity contribution in [2.24, 2.45) is 11.7 Å². The number of rotatable bonds is 7. The van der Waals surface area contributed by atoms with Gasteiger partial charge in [-0.15, -0.1) is 11.8 Å². The topological polar surface area (TPSA) is 35.2 Å². The Morgan fingerprint density at radius 3 is 2.76 bits per heavy atom. The van der Waals surface area contributed by atoms with Gasteiger partial charge in [-0.2, -0.15) is 0 Å². The van der Waals surface area contributed by atoms with Gasteiger partial charge in [-0.25, -0.2) is 0 Å². The minimum atomic E-state index is 0.536. The molecule has 0 spiro atoms. The molecule has 1 unspecified atom stereocenters. The van der Waals surface area contributed by atoms with Crippen molar-refractivity contribution >= 4 is 11.8 Å². The van der Waals surface area contributed by atoms with Crippen molar-refractivity contribution in [3.63, 3.8) is 0 Å². The zero-order valence-corrected chi connectivity index (χ0v) is 11.8. The van der Waals surface area contributed by atoms with E-state index in [0.29, 0.717) is 12.5 Å². The Kier molecular flexibility index (Phi) is 6.45. The average Bonchev–Trinajstić information content (AvgIpc) is 2.36. The number of thioether (sulfide) groups is 1. The maximum atomic E-state index is 5.89. The van der Waals surface area contributed by atoms with Gasteiger partial charge in [0.1, 0.15) is 5.75 Å². The highest BCUT2D eigenvalue weighted by molar-refractivity contribution is 7.98. The molecule has 0 heterocycles. The van der Waals surface area contributed by atoms with E-state index in [9.17, 15) is 0 Å². The van der Waals surface area contributed by atoms with Crippen LogP contribution < -0.4 is 10.5 Å². The third-order valence-electron chi connectivity index (χ3n) is 2.82. The summed E-state index contributed by atoms with van der Waals surface area (Å²) in [5.74, 6) is 1.55. The standard InChI is InChI=1S/C14H23NOS/c1-4-6-11(2)10-16-13-7-5-8-14(17-3)12(13)9-15/h5,7-8,11H,4,6,9-10,15H2,1-3H3.